The van der Waals surface area contributed by atoms with Crippen LogP contribution in [-0.4, -0.2) is 68.3 Å². The Labute approximate surface area is 117 Å². The molecule has 0 aromatic carbocycles. The minimum Gasteiger partial charge on any atom is -0.381 e. The van der Waals surface area contributed by atoms with E-state index < -0.39 is 0 Å². The molecule has 0 bridgehead atoms. The lowest BCUT2D eigenvalue weighted by atomic mass is 9.56. The van der Waals surface area contributed by atoms with Crippen LogP contribution in [0.2, 0.25) is 0 Å². The minimum atomic E-state index is 0.357. The van der Waals surface area contributed by atoms with Crippen molar-refractivity contribution in [3.63, 3.8) is 0 Å². The molecule has 2 atom stereocenters. The van der Waals surface area contributed by atoms with Gasteiger partial charge in [-0.3, -0.25) is 4.90 Å². The predicted molar refractivity (Wildman–Crippen MR) is 77.1 cm³/mol. The summed E-state index contributed by atoms with van der Waals surface area (Å²) >= 11 is 0. The second kappa shape index (κ2) is 5.32. The molecule has 4 heteroatoms. The zero-order valence-corrected chi connectivity index (χ0v) is 12.5. The molecule has 1 aliphatic carbocycles. The van der Waals surface area contributed by atoms with E-state index in [4.69, 9.17) is 10.5 Å². The van der Waals surface area contributed by atoms with E-state index in [1.54, 1.807) is 0 Å². The van der Waals surface area contributed by atoms with Crippen molar-refractivity contribution < 1.29 is 4.74 Å². The van der Waals surface area contributed by atoms with E-state index in [9.17, 15) is 0 Å². The van der Waals surface area contributed by atoms with Crippen molar-refractivity contribution in [3.8, 4) is 0 Å². The molecule has 2 saturated heterocycles. The van der Waals surface area contributed by atoms with Crippen LogP contribution >= 0.6 is 0 Å². The summed E-state index contributed by atoms with van der Waals surface area (Å²) in [5, 5.41) is 0. The van der Waals surface area contributed by atoms with Crippen molar-refractivity contribution in [3.05, 3.63) is 0 Å². The average Bonchev–Trinajstić information content (AvgIpc) is 2.45. The molecule has 2 unspecified atom stereocenters. The summed E-state index contributed by atoms with van der Waals surface area (Å²) in [6.45, 7) is 4.30. The van der Waals surface area contributed by atoms with Crippen LogP contribution in [0, 0.1) is 5.41 Å². The first-order chi connectivity index (χ1) is 9.13. The molecule has 2 heterocycles. The molecule has 0 amide bonds. The molecule has 3 fully saturated rings. The third-order valence-corrected chi connectivity index (χ3v) is 6.06. The summed E-state index contributed by atoms with van der Waals surface area (Å²) < 4.78 is 5.56. The van der Waals surface area contributed by atoms with E-state index in [2.05, 4.69) is 23.9 Å². The Morgan fingerprint density at radius 1 is 1.21 bits per heavy atom. The lowest BCUT2D eigenvalue weighted by Crippen LogP contribution is -2.69. The van der Waals surface area contributed by atoms with Gasteiger partial charge in [-0.2, -0.15) is 0 Å². The largest absolute Gasteiger partial charge is 0.381 e. The molecule has 1 saturated carbocycles. The minimum absolute atomic E-state index is 0.357. The molecule has 19 heavy (non-hydrogen) atoms. The summed E-state index contributed by atoms with van der Waals surface area (Å²) in [5.41, 5.74) is 6.74. The van der Waals surface area contributed by atoms with Gasteiger partial charge in [0.2, 0.25) is 0 Å². The first kappa shape index (κ1) is 13.8. The van der Waals surface area contributed by atoms with Crippen LogP contribution in [0.4, 0.5) is 0 Å². The molecule has 2 aliphatic heterocycles. The van der Waals surface area contributed by atoms with Gasteiger partial charge in [0.1, 0.15) is 0 Å². The molecule has 0 aromatic heterocycles. The molecular formula is C15H29N3O. The SMILES string of the molecule is CN1CCC(N(C)C2CC(N)C23CCOCC3)CC1. The quantitative estimate of drug-likeness (QED) is 0.807. The third-order valence-electron chi connectivity index (χ3n) is 6.06. The Balaban J connectivity index is 1.65. The normalized spacial score (nSPS) is 36.6. The van der Waals surface area contributed by atoms with Crippen LogP contribution in [0.5, 0.6) is 0 Å². The van der Waals surface area contributed by atoms with Crippen molar-refractivity contribution in [1.29, 1.82) is 0 Å². The molecule has 110 valence electrons. The van der Waals surface area contributed by atoms with E-state index in [0.29, 0.717) is 17.5 Å². The Kier molecular flexibility index (Phi) is 3.87. The monoisotopic (exact) mass is 267 g/mol. The maximum absolute atomic E-state index is 6.38. The maximum atomic E-state index is 6.38. The summed E-state index contributed by atoms with van der Waals surface area (Å²) in [6, 6.07) is 1.85. The summed E-state index contributed by atoms with van der Waals surface area (Å²) in [5.74, 6) is 0. The second-order valence-corrected chi connectivity index (χ2v) is 6.90. The first-order valence-corrected chi connectivity index (χ1v) is 7.87. The highest BCUT2D eigenvalue weighted by Crippen LogP contribution is 2.50. The summed E-state index contributed by atoms with van der Waals surface area (Å²) in [6.07, 6.45) is 6.13. The second-order valence-electron chi connectivity index (χ2n) is 6.90. The zero-order valence-electron chi connectivity index (χ0n) is 12.5. The standard InChI is InChI=1S/C15H29N3O/c1-17-7-3-12(4-8-17)18(2)14-11-13(16)15(14)5-9-19-10-6-15/h12-14H,3-11,16H2,1-2H3. The van der Waals surface area contributed by atoms with Gasteiger partial charge in [0.25, 0.3) is 0 Å². The van der Waals surface area contributed by atoms with Crippen molar-refractivity contribution >= 4 is 0 Å². The van der Waals surface area contributed by atoms with Crippen LogP contribution in [0.15, 0.2) is 0 Å². The first-order valence-electron chi connectivity index (χ1n) is 7.87. The van der Waals surface area contributed by atoms with Gasteiger partial charge in [-0.25, -0.2) is 0 Å². The topological polar surface area (TPSA) is 41.7 Å². The fraction of sp³-hybridized carbons (Fsp3) is 1.00. The highest BCUT2D eigenvalue weighted by atomic mass is 16.5. The molecular weight excluding hydrogens is 238 g/mol. The number of ether oxygens (including phenoxy) is 1. The van der Waals surface area contributed by atoms with Gasteiger partial charge in [0, 0.05) is 36.8 Å². The fourth-order valence-corrected chi connectivity index (χ4v) is 4.48. The number of piperidine rings is 1. The summed E-state index contributed by atoms with van der Waals surface area (Å²) in [7, 11) is 4.57. The number of likely N-dealkylation sites (tertiary alicyclic amines) is 1. The number of hydrogen-bond donors (Lipinski definition) is 1. The Morgan fingerprint density at radius 2 is 1.84 bits per heavy atom. The molecule has 1 spiro atoms. The fourth-order valence-electron chi connectivity index (χ4n) is 4.48. The van der Waals surface area contributed by atoms with Crippen molar-refractivity contribution in [2.75, 3.05) is 40.4 Å². The van der Waals surface area contributed by atoms with E-state index in [1.807, 2.05) is 0 Å². The lowest BCUT2D eigenvalue weighted by Gasteiger charge is -2.61. The smallest absolute Gasteiger partial charge is 0.0472 e. The van der Waals surface area contributed by atoms with E-state index >= 15 is 0 Å². The Morgan fingerprint density at radius 3 is 2.42 bits per heavy atom. The van der Waals surface area contributed by atoms with Gasteiger partial charge >= 0.3 is 0 Å². The molecule has 3 aliphatic rings. The van der Waals surface area contributed by atoms with E-state index in [1.165, 1.54) is 32.4 Å². The van der Waals surface area contributed by atoms with Crippen molar-refractivity contribution in [1.82, 2.24) is 9.80 Å². The number of rotatable bonds is 2. The predicted octanol–water partition coefficient (Wildman–Crippen LogP) is 0.909. The molecule has 0 aromatic rings. The maximum Gasteiger partial charge on any atom is 0.0472 e. The van der Waals surface area contributed by atoms with Crippen LogP contribution in [0.1, 0.15) is 32.1 Å². The number of nitrogens with zero attached hydrogens (tertiary/aromatic N) is 2. The van der Waals surface area contributed by atoms with Gasteiger partial charge in [0.15, 0.2) is 0 Å². The van der Waals surface area contributed by atoms with Crippen LogP contribution in [-0.2, 0) is 4.74 Å². The van der Waals surface area contributed by atoms with Gasteiger partial charge in [-0.1, -0.05) is 0 Å². The zero-order chi connectivity index (χ0) is 13.5. The highest BCUT2D eigenvalue weighted by Gasteiger charge is 2.55. The van der Waals surface area contributed by atoms with Gasteiger partial charge < -0.3 is 15.4 Å². The van der Waals surface area contributed by atoms with Gasteiger partial charge in [-0.15, -0.1) is 0 Å². The highest BCUT2D eigenvalue weighted by molar-refractivity contribution is 5.11. The number of nitrogens with two attached hydrogens (primary N) is 1. The molecule has 3 rings (SSSR count). The van der Waals surface area contributed by atoms with Gasteiger partial charge in [0.05, 0.1) is 0 Å². The van der Waals surface area contributed by atoms with Gasteiger partial charge in [-0.05, 0) is 59.3 Å². The van der Waals surface area contributed by atoms with Crippen molar-refractivity contribution in [2.45, 2.75) is 50.2 Å². The average molecular weight is 267 g/mol. The molecule has 0 radical (unpaired) electrons. The van der Waals surface area contributed by atoms with E-state index in [-0.39, 0.29) is 0 Å². The Hall–Kier alpha value is -0.160. The lowest BCUT2D eigenvalue weighted by molar-refractivity contribution is -0.120. The van der Waals surface area contributed by atoms with E-state index in [0.717, 1.165) is 32.1 Å². The van der Waals surface area contributed by atoms with Crippen molar-refractivity contribution in [2.24, 2.45) is 11.1 Å². The van der Waals surface area contributed by atoms with Crippen LogP contribution in [0.3, 0.4) is 0 Å². The molecule has 2 N–H and O–H groups in total. The summed E-state index contributed by atoms with van der Waals surface area (Å²) in [4.78, 5) is 5.11. The molecule has 4 nitrogen and oxygen atoms in total. The van der Waals surface area contributed by atoms with Crippen LogP contribution in [0.25, 0.3) is 0 Å². The number of hydrogen-bond acceptors (Lipinski definition) is 4. The Bertz CT molecular complexity index is 309. The van der Waals surface area contributed by atoms with Crippen LogP contribution < -0.4 is 5.73 Å². The third kappa shape index (κ3) is 2.33.